The second-order valence-electron chi connectivity index (χ2n) is 10.3. The molecule has 0 spiro atoms. The van der Waals surface area contributed by atoms with Crippen LogP contribution in [0.1, 0.15) is 58.4 Å². The molecule has 0 aliphatic heterocycles. The Morgan fingerprint density at radius 1 is 1.03 bits per heavy atom. The van der Waals surface area contributed by atoms with Crippen LogP contribution in [0.15, 0.2) is 29.2 Å². The van der Waals surface area contributed by atoms with Crippen LogP contribution >= 0.6 is 0 Å². The molecule has 4 bridgehead atoms. The van der Waals surface area contributed by atoms with Gasteiger partial charge in [-0.05, 0) is 88.2 Å². The Morgan fingerprint density at radius 2 is 1.57 bits per heavy atom. The van der Waals surface area contributed by atoms with E-state index in [0.29, 0.717) is 17.4 Å². The van der Waals surface area contributed by atoms with E-state index in [1.807, 2.05) is 24.9 Å². The Labute approximate surface area is 181 Å². The molecule has 1 aromatic carbocycles. The van der Waals surface area contributed by atoms with E-state index < -0.39 is 15.6 Å². The number of nitrogens with zero attached hydrogens (tertiary/aromatic N) is 2. The summed E-state index contributed by atoms with van der Waals surface area (Å²) in [5, 5.41) is 0. The molecule has 4 fully saturated rings. The van der Waals surface area contributed by atoms with Crippen LogP contribution in [0.2, 0.25) is 0 Å². The molecular weight excluding hydrogens is 396 g/mol. The average Bonchev–Trinajstić information content (AvgIpc) is 2.66. The van der Waals surface area contributed by atoms with Crippen molar-refractivity contribution in [1.82, 2.24) is 9.21 Å². The van der Waals surface area contributed by atoms with E-state index in [-0.39, 0.29) is 23.4 Å². The molecule has 5 nitrogen and oxygen atoms in total. The molecule has 0 aromatic heterocycles. The van der Waals surface area contributed by atoms with Gasteiger partial charge in [-0.25, -0.2) is 8.42 Å². The zero-order valence-corrected chi connectivity index (χ0v) is 19.8. The van der Waals surface area contributed by atoms with Crippen molar-refractivity contribution < 1.29 is 13.2 Å². The monoisotopic (exact) mass is 432 g/mol. The number of aryl methyl sites for hydroxylation is 1. The summed E-state index contributed by atoms with van der Waals surface area (Å²) in [6, 6.07) is 7.26. The van der Waals surface area contributed by atoms with E-state index in [4.69, 9.17) is 0 Å². The molecule has 30 heavy (non-hydrogen) atoms. The summed E-state index contributed by atoms with van der Waals surface area (Å²) >= 11 is 0. The highest BCUT2D eigenvalue weighted by Crippen LogP contribution is 2.55. The molecule has 5 rings (SSSR count). The Morgan fingerprint density at radius 3 is 2.07 bits per heavy atom. The van der Waals surface area contributed by atoms with Gasteiger partial charge in [-0.2, -0.15) is 4.31 Å². The van der Waals surface area contributed by atoms with Crippen LogP contribution in [0.5, 0.6) is 0 Å². The highest BCUT2D eigenvalue weighted by atomic mass is 32.2. The fourth-order valence-corrected chi connectivity index (χ4v) is 9.01. The predicted octanol–water partition coefficient (Wildman–Crippen LogP) is 4.07. The molecule has 4 aliphatic rings. The van der Waals surface area contributed by atoms with Gasteiger partial charge in [0.05, 0.1) is 4.90 Å². The summed E-state index contributed by atoms with van der Waals surface area (Å²) in [5.41, 5.74) is -0.437. The number of likely N-dealkylation sites (N-methyl/N-ethyl adjacent to an activating group) is 2. The largest absolute Gasteiger partial charge is 0.341 e. The van der Waals surface area contributed by atoms with Crippen molar-refractivity contribution in [2.24, 2.45) is 23.7 Å². The van der Waals surface area contributed by atoms with Gasteiger partial charge in [0.15, 0.2) is 0 Å². The van der Waals surface area contributed by atoms with E-state index in [1.54, 1.807) is 39.0 Å². The summed E-state index contributed by atoms with van der Waals surface area (Å²) in [4.78, 5) is 16.0. The van der Waals surface area contributed by atoms with E-state index in [1.165, 1.54) is 36.4 Å². The molecule has 0 saturated heterocycles. The lowest BCUT2D eigenvalue weighted by Crippen LogP contribution is -2.63. The first-order valence-corrected chi connectivity index (χ1v) is 12.9. The number of hydrogen-bond acceptors (Lipinski definition) is 3. The lowest BCUT2D eigenvalue weighted by molar-refractivity contribution is -0.149. The lowest BCUT2D eigenvalue weighted by atomic mass is 9.54. The van der Waals surface area contributed by atoms with E-state index in [2.05, 4.69) is 0 Å². The first-order valence-electron chi connectivity index (χ1n) is 11.4. The minimum atomic E-state index is -3.78. The minimum absolute atomic E-state index is 0.0843. The van der Waals surface area contributed by atoms with Crippen molar-refractivity contribution in [3.8, 4) is 0 Å². The van der Waals surface area contributed by atoms with Crippen LogP contribution < -0.4 is 0 Å². The van der Waals surface area contributed by atoms with Gasteiger partial charge in [-0.1, -0.05) is 25.1 Å². The molecule has 0 radical (unpaired) electrons. The molecule has 0 heterocycles. The highest BCUT2D eigenvalue weighted by molar-refractivity contribution is 7.89. The fraction of sp³-hybridized carbons (Fsp3) is 0.708. The number of benzene rings is 1. The number of rotatable bonds is 6. The summed E-state index contributed by atoms with van der Waals surface area (Å²) in [7, 11) is -1.88. The summed E-state index contributed by atoms with van der Waals surface area (Å²) in [5.74, 6) is 2.75. The van der Waals surface area contributed by atoms with Gasteiger partial charge in [0.1, 0.15) is 5.54 Å². The smallest absolute Gasteiger partial charge is 0.244 e. The average molecular weight is 433 g/mol. The maximum absolute atomic E-state index is 13.8. The van der Waals surface area contributed by atoms with Crippen molar-refractivity contribution in [2.45, 2.75) is 76.3 Å². The van der Waals surface area contributed by atoms with E-state index in [0.717, 1.165) is 11.8 Å². The zero-order valence-electron chi connectivity index (χ0n) is 19.0. The van der Waals surface area contributed by atoms with Gasteiger partial charge in [-0.15, -0.1) is 0 Å². The first kappa shape index (κ1) is 21.8. The third-order valence-electron chi connectivity index (χ3n) is 8.04. The topological polar surface area (TPSA) is 57.7 Å². The Hall–Kier alpha value is -1.40. The molecule has 6 heteroatoms. The minimum Gasteiger partial charge on any atom is -0.341 e. The quantitative estimate of drug-likeness (QED) is 0.681. The number of carbonyl (C=O) groups excluding carboxylic acids is 1. The Balaban J connectivity index is 1.61. The van der Waals surface area contributed by atoms with Crippen LogP contribution in [0, 0.1) is 30.6 Å². The first-order chi connectivity index (χ1) is 14.1. The van der Waals surface area contributed by atoms with Crippen LogP contribution in [-0.2, 0) is 14.8 Å². The molecule has 4 aliphatic carbocycles. The molecule has 0 unspecified atom stereocenters. The SMILES string of the molecule is CCN(C(C)(C)C(=O)N(C)C1C2CC3CC(C2)CC1C3)S(=O)(=O)c1ccccc1C. The van der Waals surface area contributed by atoms with Crippen LogP contribution in [0.4, 0.5) is 0 Å². The van der Waals surface area contributed by atoms with Gasteiger partial charge in [0.2, 0.25) is 15.9 Å². The van der Waals surface area contributed by atoms with Crippen molar-refractivity contribution in [2.75, 3.05) is 13.6 Å². The molecule has 1 aromatic rings. The lowest BCUT2D eigenvalue weighted by Gasteiger charge is -2.57. The molecule has 4 saturated carbocycles. The predicted molar refractivity (Wildman–Crippen MR) is 118 cm³/mol. The van der Waals surface area contributed by atoms with Gasteiger partial charge in [-0.3, -0.25) is 4.79 Å². The highest BCUT2D eigenvalue weighted by Gasteiger charge is 2.52. The van der Waals surface area contributed by atoms with Crippen LogP contribution in [0.25, 0.3) is 0 Å². The van der Waals surface area contributed by atoms with Gasteiger partial charge in [0, 0.05) is 19.6 Å². The molecule has 166 valence electrons. The van der Waals surface area contributed by atoms with Crippen molar-refractivity contribution >= 4 is 15.9 Å². The number of hydrogen-bond donors (Lipinski definition) is 0. The number of carbonyl (C=O) groups is 1. The summed E-state index contributed by atoms with van der Waals surface area (Å²) in [6.45, 7) is 7.40. The molecule has 1 amide bonds. The van der Waals surface area contributed by atoms with Crippen LogP contribution in [0.3, 0.4) is 0 Å². The van der Waals surface area contributed by atoms with Crippen LogP contribution in [-0.4, -0.2) is 48.7 Å². The van der Waals surface area contributed by atoms with Gasteiger partial charge < -0.3 is 4.90 Å². The molecule has 0 atom stereocenters. The summed E-state index contributed by atoms with van der Waals surface area (Å²) < 4.78 is 28.5. The standard InChI is InChI=1S/C24H36N2O3S/c1-6-26(30(28,29)21-10-8-7-9-16(21)2)24(3,4)23(27)25(5)22-19-12-17-11-18(14-19)15-20(22)13-17/h7-10,17-20,22H,6,11-15H2,1-5H3. The summed E-state index contributed by atoms with van der Waals surface area (Å²) in [6.07, 6.45) is 6.30. The van der Waals surface area contributed by atoms with Crippen molar-refractivity contribution in [3.05, 3.63) is 29.8 Å². The molecular formula is C24H36N2O3S. The van der Waals surface area contributed by atoms with Gasteiger partial charge >= 0.3 is 0 Å². The maximum atomic E-state index is 13.8. The number of sulfonamides is 1. The third kappa shape index (κ3) is 3.40. The van der Waals surface area contributed by atoms with E-state index in [9.17, 15) is 13.2 Å². The van der Waals surface area contributed by atoms with Crippen molar-refractivity contribution in [1.29, 1.82) is 0 Å². The molecule has 0 N–H and O–H groups in total. The zero-order chi connectivity index (χ0) is 21.8. The Kier molecular flexibility index (Phi) is 5.55. The van der Waals surface area contributed by atoms with E-state index >= 15 is 0 Å². The second-order valence-corrected chi connectivity index (χ2v) is 12.2. The Bertz CT molecular complexity index is 896. The normalized spacial score (nSPS) is 30.7. The van der Waals surface area contributed by atoms with Gasteiger partial charge in [0.25, 0.3) is 0 Å². The fourth-order valence-electron chi connectivity index (χ4n) is 7.03. The second kappa shape index (κ2) is 7.63. The van der Waals surface area contributed by atoms with Crippen molar-refractivity contribution in [3.63, 3.8) is 0 Å². The number of amides is 1. The maximum Gasteiger partial charge on any atom is 0.244 e. The third-order valence-corrected chi connectivity index (χ3v) is 10.3.